The number of ketones is 1. The average molecular weight is 501 g/mol. The van der Waals surface area contributed by atoms with Gasteiger partial charge in [-0.05, 0) is 47.5 Å². The molecule has 0 spiro atoms. The number of aromatic nitrogens is 1. The summed E-state index contributed by atoms with van der Waals surface area (Å²) in [6, 6.07) is 28.7. The second kappa shape index (κ2) is 12.6. The van der Waals surface area contributed by atoms with E-state index in [0.29, 0.717) is 12.4 Å². The van der Waals surface area contributed by atoms with E-state index < -0.39 is 11.9 Å². The topological polar surface area (TPSA) is 77.5 Å². The number of hydrogen-bond donors (Lipinski definition) is 1. The van der Waals surface area contributed by atoms with Gasteiger partial charge in [-0.15, -0.1) is 0 Å². The Morgan fingerprint density at radius 1 is 0.806 bits per heavy atom. The van der Waals surface area contributed by atoms with Crippen LogP contribution in [-0.4, -0.2) is 29.3 Å². The van der Waals surface area contributed by atoms with E-state index in [-0.39, 0.29) is 29.5 Å². The molecule has 1 unspecified atom stereocenters. The van der Waals surface area contributed by atoms with Crippen molar-refractivity contribution in [1.29, 1.82) is 0 Å². The van der Waals surface area contributed by atoms with Gasteiger partial charge in [-0.3, -0.25) is 9.59 Å². The van der Waals surface area contributed by atoms with Crippen LogP contribution in [-0.2, 0) is 22.6 Å². The Hall–Kier alpha value is -4.00. The molecule has 0 fully saturated rings. The second-order valence-corrected chi connectivity index (χ2v) is 8.43. The van der Waals surface area contributed by atoms with E-state index in [1.807, 2.05) is 84.9 Å². The van der Waals surface area contributed by atoms with Gasteiger partial charge in [0.2, 0.25) is 0 Å². The summed E-state index contributed by atoms with van der Waals surface area (Å²) in [7, 11) is 0. The fourth-order valence-corrected chi connectivity index (χ4v) is 3.70. The van der Waals surface area contributed by atoms with E-state index in [0.717, 1.165) is 16.9 Å². The molecule has 6 nitrogen and oxygen atoms in total. The van der Waals surface area contributed by atoms with Gasteiger partial charge in [0.1, 0.15) is 22.7 Å². The molecule has 0 saturated carbocycles. The molecule has 7 heteroatoms. The smallest absolute Gasteiger partial charge is 0.255 e. The molecule has 0 radical (unpaired) electrons. The molecule has 1 heterocycles. The highest BCUT2D eigenvalue weighted by atomic mass is 35.5. The minimum atomic E-state index is -0.863. The Morgan fingerprint density at radius 3 is 2.17 bits per heavy atom. The van der Waals surface area contributed by atoms with Gasteiger partial charge in [-0.2, -0.15) is 0 Å². The average Bonchev–Trinajstić information content (AvgIpc) is 2.90. The Kier molecular flexibility index (Phi) is 8.81. The number of Topliss-reactive ketones (excluding diaryl/α,β-unsaturated/α-hetero) is 1. The largest absolute Gasteiger partial charge is 0.457 e. The van der Waals surface area contributed by atoms with E-state index in [1.54, 1.807) is 12.1 Å². The van der Waals surface area contributed by atoms with Crippen LogP contribution in [0.1, 0.15) is 21.5 Å². The zero-order chi connectivity index (χ0) is 25.2. The standard InChI is InChI=1S/C29H25ClN2O4/c30-28-25(12-7-17-31-28)29(34)32-26(20-35-19-22-8-3-1-4-9-22)27(33)18-21-13-15-24(16-14-21)36-23-10-5-2-6-11-23/h1-17,26H,18-20H2,(H,32,34). The van der Waals surface area contributed by atoms with Gasteiger partial charge in [0.15, 0.2) is 5.78 Å². The molecule has 0 aliphatic heterocycles. The second-order valence-electron chi connectivity index (χ2n) is 8.07. The van der Waals surface area contributed by atoms with Gasteiger partial charge in [0.05, 0.1) is 18.8 Å². The van der Waals surface area contributed by atoms with Crippen LogP contribution in [0.4, 0.5) is 0 Å². The molecule has 0 aliphatic rings. The summed E-state index contributed by atoms with van der Waals surface area (Å²) in [4.78, 5) is 30.0. The van der Waals surface area contributed by atoms with Gasteiger partial charge in [-0.1, -0.05) is 72.3 Å². The molecule has 1 aromatic heterocycles. The Labute approximate surface area is 214 Å². The molecule has 36 heavy (non-hydrogen) atoms. The highest BCUT2D eigenvalue weighted by Crippen LogP contribution is 2.21. The summed E-state index contributed by atoms with van der Waals surface area (Å²) in [5, 5.41) is 2.83. The van der Waals surface area contributed by atoms with Gasteiger partial charge < -0.3 is 14.8 Å². The number of amides is 1. The molecule has 1 N–H and O–H groups in total. The fourth-order valence-electron chi connectivity index (χ4n) is 3.50. The monoisotopic (exact) mass is 500 g/mol. The molecule has 182 valence electrons. The maximum atomic E-state index is 13.2. The van der Waals surface area contributed by atoms with E-state index in [4.69, 9.17) is 21.1 Å². The minimum Gasteiger partial charge on any atom is -0.457 e. The lowest BCUT2D eigenvalue weighted by molar-refractivity contribution is -0.121. The molecule has 4 aromatic rings. The van der Waals surface area contributed by atoms with Crippen molar-refractivity contribution in [2.24, 2.45) is 0 Å². The lowest BCUT2D eigenvalue weighted by Crippen LogP contribution is -2.45. The predicted octanol–water partition coefficient (Wildman–Crippen LogP) is 5.65. The lowest BCUT2D eigenvalue weighted by atomic mass is 10.0. The van der Waals surface area contributed by atoms with Crippen LogP contribution in [0.5, 0.6) is 11.5 Å². The van der Waals surface area contributed by atoms with Crippen molar-refractivity contribution >= 4 is 23.3 Å². The highest BCUT2D eigenvalue weighted by Gasteiger charge is 2.23. The normalized spacial score (nSPS) is 11.5. The molecule has 3 aromatic carbocycles. The quantitative estimate of drug-likeness (QED) is 0.269. The molecular weight excluding hydrogens is 476 g/mol. The van der Waals surface area contributed by atoms with E-state index in [9.17, 15) is 9.59 Å². The van der Waals surface area contributed by atoms with Crippen LogP contribution in [0, 0.1) is 0 Å². The first-order valence-corrected chi connectivity index (χ1v) is 11.8. The number of halogens is 1. The molecule has 4 rings (SSSR count). The Morgan fingerprint density at radius 2 is 1.47 bits per heavy atom. The first-order chi connectivity index (χ1) is 17.6. The number of para-hydroxylation sites is 1. The van der Waals surface area contributed by atoms with Crippen molar-refractivity contribution in [3.05, 3.63) is 125 Å². The summed E-state index contributed by atoms with van der Waals surface area (Å²) >= 11 is 6.07. The molecule has 0 bridgehead atoms. The van der Waals surface area contributed by atoms with Crippen molar-refractivity contribution in [3.8, 4) is 11.5 Å². The van der Waals surface area contributed by atoms with Crippen LogP contribution in [0.3, 0.4) is 0 Å². The predicted molar refractivity (Wildman–Crippen MR) is 138 cm³/mol. The minimum absolute atomic E-state index is 0.0204. The van der Waals surface area contributed by atoms with Crippen molar-refractivity contribution in [1.82, 2.24) is 10.3 Å². The maximum Gasteiger partial charge on any atom is 0.255 e. The van der Waals surface area contributed by atoms with E-state index in [1.165, 1.54) is 6.20 Å². The maximum absolute atomic E-state index is 13.2. The van der Waals surface area contributed by atoms with Crippen LogP contribution >= 0.6 is 11.6 Å². The summed E-state index contributed by atoms with van der Waals surface area (Å²) in [6.07, 6.45) is 1.61. The number of ether oxygens (including phenoxy) is 2. The lowest BCUT2D eigenvalue weighted by Gasteiger charge is -2.18. The van der Waals surface area contributed by atoms with Gasteiger partial charge >= 0.3 is 0 Å². The van der Waals surface area contributed by atoms with Gasteiger partial charge in [-0.25, -0.2) is 4.98 Å². The number of rotatable bonds is 11. The third-order valence-electron chi connectivity index (χ3n) is 5.37. The molecule has 1 amide bonds. The van der Waals surface area contributed by atoms with E-state index in [2.05, 4.69) is 10.3 Å². The number of nitrogens with zero attached hydrogens (tertiary/aromatic N) is 1. The number of nitrogens with one attached hydrogen (secondary N) is 1. The Bertz CT molecular complexity index is 1280. The zero-order valence-corrected chi connectivity index (χ0v) is 20.2. The first-order valence-electron chi connectivity index (χ1n) is 11.5. The number of pyridine rings is 1. The molecular formula is C29H25ClN2O4. The van der Waals surface area contributed by atoms with Crippen LogP contribution in [0.15, 0.2) is 103 Å². The van der Waals surface area contributed by atoms with Crippen LogP contribution < -0.4 is 10.1 Å². The number of carbonyl (C=O) groups excluding carboxylic acids is 2. The molecule has 0 aliphatic carbocycles. The summed E-state index contributed by atoms with van der Waals surface area (Å²) in [5.41, 5.74) is 1.96. The van der Waals surface area contributed by atoms with Crippen molar-refractivity contribution in [3.63, 3.8) is 0 Å². The molecule has 0 saturated heterocycles. The van der Waals surface area contributed by atoms with Crippen molar-refractivity contribution in [2.75, 3.05) is 6.61 Å². The molecule has 1 atom stereocenters. The van der Waals surface area contributed by atoms with Crippen LogP contribution in [0.25, 0.3) is 0 Å². The Balaban J connectivity index is 1.42. The fraction of sp³-hybridized carbons (Fsp3) is 0.138. The van der Waals surface area contributed by atoms with Crippen molar-refractivity contribution in [2.45, 2.75) is 19.1 Å². The summed E-state index contributed by atoms with van der Waals surface area (Å²) in [5.74, 6) is 0.725. The van der Waals surface area contributed by atoms with Gasteiger partial charge in [0, 0.05) is 12.6 Å². The summed E-state index contributed by atoms with van der Waals surface area (Å²) in [6.45, 7) is 0.339. The zero-order valence-electron chi connectivity index (χ0n) is 19.5. The number of carbonyl (C=O) groups is 2. The summed E-state index contributed by atoms with van der Waals surface area (Å²) < 4.78 is 11.6. The third-order valence-corrected chi connectivity index (χ3v) is 5.68. The van der Waals surface area contributed by atoms with Gasteiger partial charge in [0.25, 0.3) is 5.91 Å². The highest BCUT2D eigenvalue weighted by molar-refractivity contribution is 6.32. The van der Waals surface area contributed by atoms with Crippen molar-refractivity contribution < 1.29 is 19.1 Å². The van der Waals surface area contributed by atoms with Crippen LogP contribution in [0.2, 0.25) is 5.15 Å². The number of hydrogen-bond acceptors (Lipinski definition) is 5. The van der Waals surface area contributed by atoms with E-state index >= 15 is 0 Å². The first kappa shape index (κ1) is 25.1. The SMILES string of the molecule is O=C(NC(COCc1ccccc1)C(=O)Cc1ccc(Oc2ccccc2)cc1)c1cccnc1Cl. The third kappa shape index (κ3) is 7.25. The number of benzene rings is 3.